The molecule has 1 aromatic heterocycles. The van der Waals surface area contributed by atoms with E-state index in [1.807, 2.05) is 0 Å². The maximum atomic E-state index is 5.46. The van der Waals surface area contributed by atoms with E-state index in [0.717, 1.165) is 25.5 Å². The number of nitrogens with two attached hydrogens (primary N) is 1. The van der Waals surface area contributed by atoms with Gasteiger partial charge in [-0.3, -0.25) is 4.90 Å². The summed E-state index contributed by atoms with van der Waals surface area (Å²) in [7, 11) is 1.76. The average Bonchev–Trinajstić information content (AvgIpc) is 2.50. The van der Waals surface area contributed by atoms with Crippen LogP contribution < -0.4 is 5.73 Å². The molecule has 0 aliphatic rings. The Kier molecular flexibility index (Phi) is 3.78. The molecular formula is C7H16N6. The van der Waals surface area contributed by atoms with Gasteiger partial charge in [-0.2, -0.15) is 4.80 Å². The summed E-state index contributed by atoms with van der Waals surface area (Å²) in [6.45, 7) is 5.30. The van der Waals surface area contributed by atoms with Gasteiger partial charge in [-0.25, -0.2) is 0 Å². The van der Waals surface area contributed by atoms with Crippen molar-refractivity contribution in [2.45, 2.75) is 13.5 Å². The monoisotopic (exact) mass is 184 g/mol. The molecule has 0 aliphatic heterocycles. The second-order valence-electron chi connectivity index (χ2n) is 2.85. The highest BCUT2D eigenvalue weighted by atomic mass is 15.6. The maximum absolute atomic E-state index is 5.46. The van der Waals surface area contributed by atoms with Crippen molar-refractivity contribution in [3.63, 3.8) is 0 Å². The van der Waals surface area contributed by atoms with Crippen molar-refractivity contribution in [3.05, 3.63) is 5.82 Å². The van der Waals surface area contributed by atoms with Crippen LogP contribution in [-0.2, 0) is 13.6 Å². The van der Waals surface area contributed by atoms with Crippen LogP contribution in [-0.4, -0.2) is 44.7 Å². The number of likely N-dealkylation sites (N-methyl/N-ethyl adjacent to an activating group) is 1. The molecule has 0 unspecified atom stereocenters. The van der Waals surface area contributed by atoms with Crippen molar-refractivity contribution in [3.8, 4) is 0 Å². The van der Waals surface area contributed by atoms with E-state index < -0.39 is 0 Å². The van der Waals surface area contributed by atoms with Gasteiger partial charge < -0.3 is 5.73 Å². The van der Waals surface area contributed by atoms with Gasteiger partial charge in [0.1, 0.15) is 0 Å². The first-order chi connectivity index (χ1) is 6.26. The zero-order chi connectivity index (χ0) is 9.68. The van der Waals surface area contributed by atoms with Crippen LogP contribution in [0.5, 0.6) is 0 Å². The number of aryl methyl sites for hydroxylation is 1. The molecule has 2 N–H and O–H groups in total. The summed E-state index contributed by atoms with van der Waals surface area (Å²) < 4.78 is 0. The summed E-state index contributed by atoms with van der Waals surface area (Å²) >= 11 is 0. The van der Waals surface area contributed by atoms with Crippen LogP contribution in [0.2, 0.25) is 0 Å². The normalized spacial score (nSPS) is 11.1. The molecule has 1 aromatic rings. The minimum absolute atomic E-state index is 0.661. The standard InChI is InChI=1S/C7H16N6/c1-3-13(5-4-8)6-7-9-11-12(2)10-7/h3-6,8H2,1-2H3. The molecule has 74 valence electrons. The molecule has 1 rings (SSSR count). The molecule has 0 amide bonds. The van der Waals surface area contributed by atoms with Crippen molar-refractivity contribution in [1.82, 2.24) is 25.1 Å². The molecule has 0 saturated carbocycles. The van der Waals surface area contributed by atoms with Crippen LogP contribution in [0.1, 0.15) is 12.7 Å². The fraction of sp³-hybridized carbons (Fsp3) is 0.857. The molecule has 0 aromatic carbocycles. The first kappa shape index (κ1) is 10.1. The van der Waals surface area contributed by atoms with E-state index in [1.165, 1.54) is 4.80 Å². The number of rotatable bonds is 5. The van der Waals surface area contributed by atoms with E-state index in [-0.39, 0.29) is 0 Å². The van der Waals surface area contributed by atoms with Gasteiger partial charge in [0.2, 0.25) is 0 Å². The molecular weight excluding hydrogens is 168 g/mol. The van der Waals surface area contributed by atoms with E-state index in [4.69, 9.17) is 5.73 Å². The number of hydrogen-bond acceptors (Lipinski definition) is 5. The predicted octanol–water partition coefficient (Wildman–Crippen LogP) is -1.01. The van der Waals surface area contributed by atoms with E-state index >= 15 is 0 Å². The topological polar surface area (TPSA) is 72.9 Å². The second-order valence-corrected chi connectivity index (χ2v) is 2.85. The molecule has 0 saturated heterocycles. The fourth-order valence-corrected chi connectivity index (χ4v) is 1.12. The summed E-state index contributed by atoms with van der Waals surface area (Å²) in [6, 6.07) is 0. The van der Waals surface area contributed by atoms with Gasteiger partial charge in [0.15, 0.2) is 5.82 Å². The largest absolute Gasteiger partial charge is 0.329 e. The lowest BCUT2D eigenvalue weighted by Gasteiger charge is -2.16. The van der Waals surface area contributed by atoms with Crippen LogP contribution in [0, 0.1) is 0 Å². The SMILES string of the molecule is CCN(CCN)Cc1nnn(C)n1. The molecule has 6 nitrogen and oxygen atoms in total. The summed E-state index contributed by atoms with van der Waals surface area (Å²) in [5.41, 5.74) is 5.46. The van der Waals surface area contributed by atoms with Gasteiger partial charge in [0.05, 0.1) is 13.6 Å². The van der Waals surface area contributed by atoms with Gasteiger partial charge in [0.25, 0.3) is 0 Å². The number of hydrogen-bond donors (Lipinski definition) is 1. The first-order valence-corrected chi connectivity index (χ1v) is 4.41. The first-order valence-electron chi connectivity index (χ1n) is 4.41. The Morgan fingerprint density at radius 1 is 1.54 bits per heavy atom. The van der Waals surface area contributed by atoms with Gasteiger partial charge in [-0.05, 0) is 11.8 Å². The lowest BCUT2D eigenvalue weighted by molar-refractivity contribution is 0.280. The van der Waals surface area contributed by atoms with E-state index in [2.05, 4.69) is 27.2 Å². The molecule has 0 radical (unpaired) electrons. The van der Waals surface area contributed by atoms with Crippen LogP contribution in [0.25, 0.3) is 0 Å². The highest BCUT2D eigenvalue weighted by Crippen LogP contribution is 1.94. The minimum Gasteiger partial charge on any atom is -0.329 e. The Labute approximate surface area is 77.7 Å². The number of aromatic nitrogens is 4. The molecule has 0 bridgehead atoms. The Balaban J connectivity index is 2.46. The molecule has 0 spiro atoms. The summed E-state index contributed by atoms with van der Waals surface area (Å²) in [4.78, 5) is 3.64. The van der Waals surface area contributed by atoms with Gasteiger partial charge >= 0.3 is 0 Å². The van der Waals surface area contributed by atoms with Gasteiger partial charge in [-0.15, -0.1) is 10.2 Å². The Hall–Kier alpha value is -1.01. The number of tetrazole rings is 1. The van der Waals surface area contributed by atoms with Gasteiger partial charge in [-0.1, -0.05) is 6.92 Å². The second kappa shape index (κ2) is 4.88. The Bertz CT molecular complexity index is 245. The van der Waals surface area contributed by atoms with E-state index in [9.17, 15) is 0 Å². The third kappa shape index (κ3) is 3.08. The smallest absolute Gasteiger partial charge is 0.188 e. The number of nitrogens with zero attached hydrogens (tertiary/aromatic N) is 5. The lowest BCUT2D eigenvalue weighted by atomic mass is 10.4. The highest BCUT2D eigenvalue weighted by molar-refractivity contribution is 4.76. The van der Waals surface area contributed by atoms with Crippen molar-refractivity contribution < 1.29 is 0 Å². The Morgan fingerprint density at radius 3 is 2.77 bits per heavy atom. The zero-order valence-electron chi connectivity index (χ0n) is 8.14. The molecule has 0 atom stereocenters. The van der Waals surface area contributed by atoms with Crippen LogP contribution in [0.3, 0.4) is 0 Å². The average molecular weight is 184 g/mol. The third-order valence-corrected chi connectivity index (χ3v) is 1.81. The summed E-state index contributed by atoms with van der Waals surface area (Å²) in [5, 5.41) is 11.8. The Morgan fingerprint density at radius 2 is 2.31 bits per heavy atom. The molecule has 0 aliphatic carbocycles. The highest BCUT2D eigenvalue weighted by Gasteiger charge is 2.06. The van der Waals surface area contributed by atoms with E-state index in [1.54, 1.807) is 7.05 Å². The quantitative estimate of drug-likeness (QED) is 0.635. The van der Waals surface area contributed by atoms with Crippen molar-refractivity contribution in [1.29, 1.82) is 0 Å². The molecule has 1 heterocycles. The van der Waals surface area contributed by atoms with E-state index in [0.29, 0.717) is 6.54 Å². The molecule has 0 fully saturated rings. The van der Waals surface area contributed by atoms with Crippen LogP contribution in [0.15, 0.2) is 0 Å². The third-order valence-electron chi connectivity index (χ3n) is 1.81. The molecule has 13 heavy (non-hydrogen) atoms. The van der Waals surface area contributed by atoms with Crippen molar-refractivity contribution >= 4 is 0 Å². The zero-order valence-corrected chi connectivity index (χ0v) is 8.14. The lowest BCUT2D eigenvalue weighted by Crippen LogP contribution is -2.29. The van der Waals surface area contributed by atoms with Crippen molar-refractivity contribution in [2.75, 3.05) is 19.6 Å². The van der Waals surface area contributed by atoms with Crippen LogP contribution in [0.4, 0.5) is 0 Å². The molecule has 6 heteroatoms. The summed E-state index contributed by atoms with van der Waals surface area (Å²) in [6.07, 6.45) is 0. The van der Waals surface area contributed by atoms with Gasteiger partial charge in [0, 0.05) is 13.1 Å². The van der Waals surface area contributed by atoms with Crippen molar-refractivity contribution in [2.24, 2.45) is 12.8 Å². The maximum Gasteiger partial charge on any atom is 0.188 e. The summed E-state index contributed by atoms with van der Waals surface area (Å²) in [5.74, 6) is 0.748. The van der Waals surface area contributed by atoms with Crippen LogP contribution >= 0.6 is 0 Å². The predicted molar refractivity (Wildman–Crippen MR) is 48.8 cm³/mol. The fourth-order valence-electron chi connectivity index (χ4n) is 1.12. The minimum atomic E-state index is 0.661.